The van der Waals surface area contributed by atoms with E-state index in [1.165, 1.54) is 0 Å². The van der Waals surface area contributed by atoms with Crippen LogP contribution in [0.25, 0.3) is 0 Å². The molecule has 0 amide bonds. The molecule has 1 saturated carbocycles. The summed E-state index contributed by atoms with van der Waals surface area (Å²) in [6, 6.07) is 0.0686. The highest BCUT2D eigenvalue weighted by molar-refractivity contribution is 5.00. The lowest BCUT2D eigenvalue weighted by molar-refractivity contribution is -0.0284. The molecule has 2 N–H and O–H groups in total. The normalized spacial score (nSPS) is 24.8. The van der Waals surface area contributed by atoms with Crippen LogP contribution in [-0.4, -0.2) is 22.3 Å². The van der Waals surface area contributed by atoms with Gasteiger partial charge in [0.2, 0.25) is 0 Å². The molecule has 1 unspecified atom stereocenters. The molecule has 4 heteroatoms. The molecule has 1 fully saturated rings. The number of imidazole rings is 1. The molecule has 0 bridgehead atoms. The van der Waals surface area contributed by atoms with Gasteiger partial charge in [0.05, 0.1) is 12.1 Å². The van der Waals surface area contributed by atoms with E-state index < -0.39 is 0 Å². The molecule has 1 aliphatic rings. The highest BCUT2D eigenvalue weighted by atomic mass is 16.5. The SMILES string of the molecule is CCCn1ccnc1C(N)CC1CC(OCC)C1. The highest BCUT2D eigenvalue weighted by Crippen LogP contribution is 2.35. The minimum atomic E-state index is 0.0686. The van der Waals surface area contributed by atoms with E-state index in [9.17, 15) is 0 Å². The third kappa shape index (κ3) is 3.12. The second-order valence-electron chi connectivity index (χ2n) is 5.24. The van der Waals surface area contributed by atoms with Gasteiger partial charge in [-0.05, 0) is 38.5 Å². The van der Waals surface area contributed by atoms with Crippen LogP contribution in [0.3, 0.4) is 0 Å². The summed E-state index contributed by atoms with van der Waals surface area (Å²) in [5.74, 6) is 1.75. The van der Waals surface area contributed by atoms with Crippen molar-refractivity contribution in [3.05, 3.63) is 18.2 Å². The van der Waals surface area contributed by atoms with E-state index >= 15 is 0 Å². The van der Waals surface area contributed by atoms with E-state index in [4.69, 9.17) is 10.5 Å². The van der Waals surface area contributed by atoms with Crippen molar-refractivity contribution in [3.63, 3.8) is 0 Å². The van der Waals surface area contributed by atoms with Crippen molar-refractivity contribution in [3.8, 4) is 0 Å². The standard InChI is InChI=1S/C14H25N3O/c1-3-6-17-7-5-16-14(17)13(15)10-11-8-12(9-11)18-4-2/h5,7,11-13H,3-4,6,8-10,15H2,1-2H3. The lowest BCUT2D eigenvalue weighted by Crippen LogP contribution is -2.34. The van der Waals surface area contributed by atoms with Gasteiger partial charge in [-0.1, -0.05) is 6.92 Å². The molecule has 1 heterocycles. The first-order valence-electron chi connectivity index (χ1n) is 7.12. The fourth-order valence-corrected chi connectivity index (χ4v) is 2.78. The molecule has 1 aliphatic carbocycles. The van der Waals surface area contributed by atoms with Gasteiger partial charge in [0.25, 0.3) is 0 Å². The molecule has 0 saturated heterocycles. The number of nitrogens with two attached hydrogens (primary N) is 1. The zero-order valence-corrected chi connectivity index (χ0v) is 11.5. The van der Waals surface area contributed by atoms with E-state index in [2.05, 4.69) is 23.4 Å². The topological polar surface area (TPSA) is 53.1 Å². The second-order valence-corrected chi connectivity index (χ2v) is 5.24. The van der Waals surface area contributed by atoms with Gasteiger partial charge >= 0.3 is 0 Å². The number of nitrogens with zero attached hydrogens (tertiary/aromatic N) is 2. The Kier molecular flexibility index (Phi) is 4.78. The molecule has 102 valence electrons. The smallest absolute Gasteiger partial charge is 0.125 e. The maximum atomic E-state index is 6.28. The number of aryl methyl sites for hydroxylation is 1. The van der Waals surface area contributed by atoms with Crippen molar-refractivity contribution < 1.29 is 4.74 Å². The summed E-state index contributed by atoms with van der Waals surface area (Å²) in [7, 11) is 0. The van der Waals surface area contributed by atoms with Crippen molar-refractivity contribution in [1.82, 2.24) is 9.55 Å². The predicted octanol–water partition coefficient (Wildman–Crippen LogP) is 2.50. The molecule has 1 atom stereocenters. The fraction of sp³-hybridized carbons (Fsp3) is 0.786. The van der Waals surface area contributed by atoms with Gasteiger partial charge in [0, 0.05) is 25.5 Å². The van der Waals surface area contributed by atoms with Crippen molar-refractivity contribution in [2.75, 3.05) is 6.61 Å². The minimum Gasteiger partial charge on any atom is -0.378 e. The molecule has 4 nitrogen and oxygen atoms in total. The van der Waals surface area contributed by atoms with E-state index in [-0.39, 0.29) is 6.04 Å². The molecule has 0 aromatic carbocycles. The van der Waals surface area contributed by atoms with E-state index in [1.54, 1.807) is 0 Å². The summed E-state index contributed by atoms with van der Waals surface area (Å²) in [5.41, 5.74) is 6.28. The van der Waals surface area contributed by atoms with E-state index in [0.717, 1.165) is 44.7 Å². The van der Waals surface area contributed by atoms with Crippen LogP contribution in [0.2, 0.25) is 0 Å². The lowest BCUT2D eigenvalue weighted by atomic mass is 9.78. The number of rotatable bonds is 7. The van der Waals surface area contributed by atoms with Crippen molar-refractivity contribution in [1.29, 1.82) is 0 Å². The summed E-state index contributed by atoms with van der Waals surface area (Å²) in [5, 5.41) is 0. The first kappa shape index (κ1) is 13.6. The molecule has 2 rings (SSSR count). The third-order valence-corrected chi connectivity index (χ3v) is 3.73. The first-order chi connectivity index (χ1) is 8.74. The first-order valence-corrected chi connectivity index (χ1v) is 7.12. The quantitative estimate of drug-likeness (QED) is 0.810. The lowest BCUT2D eigenvalue weighted by Gasteiger charge is -2.36. The molecule has 18 heavy (non-hydrogen) atoms. The Morgan fingerprint density at radius 3 is 2.94 bits per heavy atom. The molecular formula is C14H25N3O. The Morgan fingerprint density at radius 2 is 2.28 bits per heavy atom. The molecular weight excluding hydrogens is 226 g/mol. The summed E-state index contributed by atoms with van der Waals surface area (Å²) < 4.78 is 7.76. The van der Waals surface area contributed by atoms with Crippen LogP contribution in [-0.2, 0) is 11.3 Å². The molecule has 0 spiro atoms. The van der Waals surface area contributed by atoms with Gasteiger partial charge in [0.15, 0.2) is 0 Å². The Bertz CT molecular complexity index is 358. The summed E-state index contributed by atoms with van der Waals surface area (Å²) in [4.78, 5) is 4.41. The number of hydrogen-bond donors (Lipinski definition) is 1. The largest absolute Gasteiger partial charge is 0.378 e. The van der Waals surface area contributed by atoms with Gasteiger partial charge in [-0.25, -0.2) is 4.98 Å². The average molecular weight is 251 g/mol. The Morgan fingerprint density at radius 1 is 1.50 bits per heavy atom. The van der Waals surface area contributed by atoms with Crippen LogP contribution < -0.4 is 5.73 Å². The maximum Gasteiger partial charge on any atom is 0.125 e. The maximum absolute atomic E-state index is 6.28. The number of aromatic nitrogens is 2. The monoisotopic (exact) mass is 251 g/mol. The van der Waals surface area contributed by atoms with Gasteiger partial charge in [-0.15, -0.1) is 0 Å². The van der Waals surface area contributed by atoms with Crippen molar-refractivity contribution in [2.45, 2.75) is 58.2 Å². The molecule has 0 aliphatic heterocycles. The van der Waals surface area contributed by atoms with Crippen LogP contribution in [0.15, 0.2) is 12.4 Å². The number of hydrogen-bond acceptors (Lipinski definition) is 3. The van der Waals surface area contributed by atoms with Gasteiger partial charge < -0.3 is 15.0 Å². The van der Waals surface area contributed by atoms with Gasteiger partial charge in [-0.2, -0.15) is 0 Å². The summed E-state index contributed by atoms with van der Waals surface area (Å²) in [6.07, 6.45) is 8.84. The van der Waals surface area contributed by atoms with Crippen LogP contribution in [0, 0.1) is 5.92 Å². The van der Waals surface area contributed by atoms with Gasteiger partial charge in [0.1, 0.15) is 5.82 Å². The fourth-order valence-electron chi connectivity index (χ4n) is 2.78. The Hall–Kier alpha value is -0.870. The highest BCUT2D eigenvalue weighted by Gasteiger charge is 2.31. The second kappa shape index (κ2) is 6.34. The van der Waals surface area contributed by atoms with Crippen molar-refractivity contribution >= 4 is 0 Å². The van der Waals surface area contributed by atoms with Gasteiger partial charge in [-0.3, -0.25) is 0 Å². The Balaban J connectivity index is 1.81. The average Bonchev–Trinajstić information content (AvgIpc) is 2.75. The zero-order valence-electron chi connectivity index (χ0n) is 11.5. The summed E-state index contributed by atoms with van der Waals surface area (Å²) >= 11 is 0. The van der Waals surface area contributed by atoms with E-state index in [1.807, 2.05) is 12.4 Å². The zero-order chi connectivity index (χ0) is 13.0. The number of ether oxygens (including phenoxy) is 1. The molecule has 0 radical (unpaired) electrons. The van der Waals surface area contributed by atoms with Crippen LogP contribution in [0.4, 0.5) is 0 Å². The molecule has 1 aromatic heterocycles. The third-order valence-electron chi connectivity index (χ3n) is 3.73. The van der Waals surface area contributed by atoms with Crippen molar-refractivity contribution in [2.24, 2.45) is 11.7 Å². The molecule has 1 aromatic rings. The minimum absolute atomic E-state index is 0.0686. The predicted molar refractivity (Wildman–Crippen MR) is 72.2 cm³/mol. The van der Waals surface area contributed by atoms with Crippen LogP contribution in [0.5, 0.6) is 0 Å². The van der Waals surface area contributed by atoms with Crippen LogP contribution >= 0.6 is 0 Å². The van der Waals surface area contributed by atoms with E-state index in [0.29, 0.717) is 12.0 Å². The van der Waals surface area contributed by atoms with Crippen LogP contribution in [0.1, 0.15) is 51.4 Å². The Labute approximate surface area is 110 Å². The summed E-state index contributed by atoms with van der Waals surface area (Å²) in [6.45, 7) is 6.06.